The number of rotatable bonds is 6. The molecule has 3 N–H and O–H groups in total. The number of anilines is 1. The van der Waals surface area contributed by atoms with Gasteiger partial charge in [0.05, 0.1) is 35.3 Å². The molecule has 1 unspecified atom stereocenters. The Bertz CT molecular complexity index is 633. The molecule has 0 aliphatic carbocycles. The molecular formula is C16H22N4O2. The summed E-state index contributed by atoms with van der Waals surface area (Å²) in [7, 11) is 1.55. The Hall–Kier alpha value is -2.18. The molecule has 118 valence electrons. The van der Waals surface area contributed by atoms with E-state index < -0.39 is 0 Å². The number of methoxy groups -OCH3 is 1. The van der Waals surface area contributed by atoms with Crippen molar-refractivity contribution in [1.82, 2.24) is 9.78 Å². The Balaban J connectivity index is 2.19. The number of amides is 1. The summed E-state index contributed by atoms with van der Waals surface area (Å²) in [6.07, 6.45) is -0.0488. The summed E-state index contributed by atoms with van der Waals surface area (Å²) in [5.41, 5.74) is 8.90. The van der Waals surface area contributed by atoms with E-state index in [1.807, 2.05) is 48.9 Å². The molecule has 0 aliphatic rings. The summed E-state index contributed by atoms with van der Waals surface area (Å²) < 4.78 is 6.96. The highest BCUT2D eigenvalue weighted by Gasteiger charge is 2.17. The van der Waals surface area contributed by atoms with Crippen molar-refractivity contribution in [1.29, 1.82) is 0 Å². The second kappa shape index (κ2) is 7.20. The number of para-hydroxylation sites is 1. The Morgan fingerprint density at radius 3 is 2.64 bits per heavy atom. The fraction of sp³-hybridized carbons (Fsp3) is 0.375. The monoisotopic (exact) mass is 302 g/mol. The van der Waals surface area contributed by atoms with Crippen molar-refractivity contribution >= 4 is 11.6 Å². The molecule has 0 bridgehead atoms. The lowest BCUT2D eigenvalue weighted by molar-refractivity contribution is -0.118. The average Bonchev–Trinajstić information content (AvgIpc) is 2.81. The highest BCUT2D eigenvalue weighted by Crippen LogP contribution is 2.23. The van der Waals surface area contributed by atoms with Crippen LogP contribution in [0, 0.1) is 13.8 Å². The van der Waals surface area contributed by atoms with Crippen LogP contribution in [0.25, 0.3) is 5.69 Å². The summed E-state index contributed by atoms with van der Waals surface area (Å²) >= 11 is 0. The van der Waals surface area contributed by atoms with Crippen molar-refractivity contribution in [2.45, 2.75) is 26.4 Å². The molecular weight excluding hydrogens is 280 g/mol. The van der Waals surface area contributed by atoms with Crippen LogP contribution in [0.2, 0.25) is 0 Å². The maximum Gasteiger partial charge on any atom is 0.227 e. The van der Waals surface area contributed by atoms with Gasteiger partial charge in [-0.25, -0.2) is 4.68 Å². The number of hydrogen-bond acceptors (Lipinski definition) is 4. The van der Waals surface area contributed by atoms with E-state index in [-0.39, 0.29) is 18.4 Å². The van der Waals surface area contributed by atoms with Crippen molar-refractivity contribution < 1.29 is 9.53 Å². The van der Waals surface area contributed by atoms with Crippen molar-refractivity contribution in [3.63, 3.8) is 0 Å². The topological polar surface area (TPSA) is 82.2 Å². The smallest absolute Gasteiger partial charge is 0.227 e. The first kappa shape index (κ1) is 16.2. The van der Waals surface area contributed by atoms with E-state index in [1.54, 1.807) is 7.11 Å². The molecule has 6 heteroatoms. The van der Waals surface area contributed by atoms with Crippen LogP contribution in [0.15, 0.2) is 30.3 Å². The number of hydrogen-bond donors (Lipinski definition) is 2. The predicted molar refractivity (Wildman–Crippen MR) is 86.1 cm³/mol. The van der Waals surface area contributed by atoms with Crippen LogP contribution in [0.5, 0.6) is 0 Å². The summed E-state index contributed by atoms with van der Waals surface area (Å²) in [5, 5.41) is 7.41. The van der Waals surface area contributed by atoms with Gasteiger partial charge < -0.3 is 15.8 Å². The minimum absolute atomic E-state index is 0.129. The number of ether oxygens (including phenoxy) is 1. The maximum atomic E-state index is 12.1. The van der Waals surface area contributed by atoms with Crippen molar-refractivity contribution in [2.24, 2.45) is 5.73 Å². The van der Waals surface area contributed by atoms with Crippen LogP contribution in [-0.4, -0.2) is 35.4 Å². The fourth-order valence-corrected chi connectivity index (χ4v) is 2.30. The molecule has 0 radical (unpaired) electrons. The van der Waals surface area contributed by atoms with Gasteiger partial charge in [-0.15, -0.1) is 0 Å². The van der Waals surface area contributed by atoms with Crippen molar-refractivity contribution in [3.8, 4) is 5.69 Å². The number of aromatic nitrogens is 2. The second-order valence-corrected chi connectivity index (χ2v) is 5.14. The third-order valence-electron chi connectivity index (χ3n) is 3.57. The van der Waals surface area contributed by atoms with Gasteiger partial charge in [0.25, 0.3) is 0 Å². The van der Waals surface area contributed by atoms with Crippen LogP contribution in [0.3, 0.4) is 0 Å². The van der Waals surface area contributed by atoms with Crippen LogP contribution < -0.4 is 11.1 Å². The molecule has 1 aromatic heterocycles. The van der Waals surface area contributed by atoms with Gasteiger partial charge in [-0.2, -0.15) is 5.10 Å². The molecule has 1 atom stereocenters. The number of nitrogens with one attached hydrogen (secondary N) is 1. The molecule has 1 aromatic carbocycles. The van der Waals surface area contributed by atoms with Gasteiger partial charge in [-0.3, -0.25) is 4.79 Å². The first-order valence-corrected chi connectivity index (χ1v) is 7.21. The van der Waals surface area contributed by atoms with Crippen LogP contribution in [-0.2, 0) is 9.53 Å². The molecule has 0 saturated heterocycles. The van der Waals surface area contributed by atoms with E-state index in [2.05, 4.69) is 10.4 Å². The highest BCUT2D eigenvalue weighted by atomic mass is 16.5. The van der Waals surface area contributed by atoms with Crippen molar-refractivity contribution in [3.05, 3.63) is 41.7 Å². The van der Waals surface area contributed by atoms with Crippen LogP contribution >= 0.6 is 0 Å². The van der Waals surface area contributed by atoms with Gasteiger partial charge in [0, 0.05) is 13.7 Å². The Labute approximate surface area is 130 Å². The number of benzene rings is 1. The largest absolute Gasteiger partial charge is 0.380 e. The summed E-state index contributed by atoms with van der Waals surface area (Å²) in [5.74, 6) is -0.129. The zero-order valence-electron chi connectivity index (χ0n) is 13.2. The number of aryl methyl sites for hydroxylation is 1. The first-order valence-electron chi connectivity index (χ1n) is 7.21. The molecule has 0 spiro atoms. The number of carbonyl (C=O) groups is 1. The number of nitrogens with zero attached hydrogens (tertiary/aromatic N) is 2. The molecule has 2 aromatic rings. The van der Waals surface area contributed by atoms with Gasteiger partial charge >= 0.3 is 0 Å². The van der Waals surface area contributed by atoms with Crippen LogP contribution in [0.1, 0.15) is 17.8 Å². The quantitative estimate of drug-likeness (QED) is 0.852. The van der Waals surface area contributed by atoms with Crippen LogP contribution in [0.4, 0.5) is 5.69 Å². The first-order chi connectivity index (χ1) is 10.6. The minimum Gasteiger partial charge on any atom is -0.380 e. The second-order valence-electron chi connectivity index (χ2n) is 5.14. The number of nitrogens with two attached hydrogens (primary N) is 1. The Morgan fingerprint density at radius 1 is 1.36 bits per heavy atom. The maximum absolute atomic E-state index is 12.1. The molecule has 22 heavy (non-hydrogen) atoms. The van der Waals surface area contributed by atoms with Gasteiger partial charge in [0.1, 0.15) is 0 Å². The van der Waals surface area contributed by atoms with E-state index in [9.17, 15) is 4.79 Å². The third kappa shape index (κ3) is 3.52. The molecule has 1 heterocycles. The van der Waals surface area contributed by atoms with Gasteiger partial charge in [-0.1, -0.05) is 18.2 Å². The lowest BCUT2D eigenvalue weighted by Gasteiger charge is -2.13. The number of carbonyl (C=O) groups excluding carboxylic acids is 1. The van der Waals surface area contributed by atoms with E-state index in [4.69, 9.17) is 10.5 Å². The molecule has 0 aliphatic heterocycles. The van der Waals surface area contributed by atoms with Gasteiger partial charge in [0.15, 0.2) is 0 Å². The zero-order chi connectivity index (χ0) is 16.1. The van der Waals surface area contributed by atoms with E-state index in [0.29, 0.717) is 6.54 Å². The summed E-state index contributed by atoms with van der Waals surface area (Å²) in [6, 6.07) is 9.80. The van der Waals surface area contributed by atoms with E-state index in [1.165, 1.54) is 0 Å². The predicted octanol–water partition coefficient (Wildman–Crippen LogP) is 1.79. The minimum atomic E-state index is -0.273. The Kier molecular flexibility index (Phi) is 5.30. The molecule has 6 nitrogen and oxygen atoms in total. The van der Waals surface area contributed by atoms with E-state index >= 15 is 0 Å². The van der Waals surface area contributed by atoms with Gasteiger partial charge in [0.2, 0.25) is 5.91 Å². The molecule has 2 rings (SSSR count). The zero-order valence-corrected chi connectivity index (χ0v) is 13.2. The fourth-order valence-electron chi connectivity index (χ4n) is 2.30. The highest BCUT2D eigenvalue weighted by molar-refractivity contribution is 5.92. The normalized spacial score (nSPS) is 12.2. The standard InChI is InChI=1S/C16H22N4O2/c1-11-16(18-15(21)9-14(10-17)22-3)12(2)20(19-11)13-7-5-4-6-8-13/h4-8,14H,9-10,17H2,1-3H3,(H,18,21). The lowest BCUT2D eigenvalue weighted by atomic mass is 10.2. The lowest BCUT2D eigenvalue weighted by Crippen LogP contribution is -2.28. The summed E-state index contributed by atoms with van der Waals surface area (Å²) in [4.78, 5) is 12.1. The molecule has 0 fully saturated rings. The van der Waals surface area contributed by atoms with Crippen molar-refractivity contribution in [2.75, 3.05) is 19.0 Å². The molecule has 1 amide bonds. The molecule has 0 saturated carbocycles. The Morgan fingerprint density at radius 2 is 2.05 bits per heavy atom. The van der Waals surface area contributed by atoms with E-state index in [0.717, 1.165) is 22.8 Å². The summed E-state index contributed by atoms with van der Waals surface area (Å²) in [6.45, 7) is 4.11. The average molecular weight is 302 g/mol. The van der Waals surface area contributed by atoms with Gasteiger partial charge in [-0.05, 0) is 26.0 Å². The SMILES string of the molecule is COC(CN)CC(=O)Nc1c(C)nn(-c2ccccc2)c1C. The third-order valence-corrected chi connectivity index (χ3v) is 3.57.